The van der Waals surface area contributed by atoms with E-state index in [0.717, 1.165) is 34.6 Å². The van der Waals surface area contributed by atoms with Crippen molar-refractivity contribution in [3.63, 3.8) is 0 Å². The second-order valence-corrected chi connectivity index (χ2v) is 26.1. The van der Waals surface area contributed by atoms with Crippen LogP contribution in [-0.2, 0) is 95.0 Å². The first-order valence-electron chi connectivity index (χ1n) is 33.1. The zero-order valence-corrected chi connectivity index (χ0v) is 56.3. The van der Waals surface area contributed by atoms with Crippen LogP contribution in [0.25, 0.3) is 0 Å². The Morgan fingerprint density at radius 3 is 0.971 bits per heavy atom. The number of nitrogens with one attached hydrogen (secondary N) is 5. The Balaban J connectivity index is 1.16. The molecule has 0 bridgehead atoms. The number of aliphatic hydroxyl groups excluding tert-OH is 21. The summed E-state index contributed by atoms with van der Waals surface area (Å²) in [5.41, 5.74) is 0. The lowest BCUT2D eigenvalue weighted by atomic mass is 9.93. The van der Waals surface area contributed by atoms with E-state index >= 15 is 0 Å². The molecule has 0 aromatic heterocycles. The summed E-state index contributed by atoms with van der Waals surface area (Å²) in [6, 6.07) is -8.66. The van der Waals surface area contributed by atoms with Crippen molar-refractivity contribution >= 4 is 29.5 Å². The normalized spacial score (nSPS) is 47.2. The topological polar surface area (TPSA) is 709 Å². The van der Waals surface area contributed by atoms with Gasteiger partial charge in [-0.1, -0.05) is 0 Å². The fraction of sp³-hybridized carbons (Fsp3) is 0.914. The van der Waals surface area contributed by atoms with Gasteiger partial charge in [-0.15, -0.1) is 0 Å². The van der Waals surface area contributed by atoms with Gasteiger partial charge in [0.25, 0.3) is 0 Å². The minimum atomic E-state index is -2.55. The summed E-state index contributed by atoms with van der Waals surface area (Å²) in [6.07, 6.45) is -71.3. The second-order valence-electron chi connectivity index (χ2n) is 26.1. The third-order valence-electron chi connectivity index (χ3n) is 18.6. The number of carbonyl (C=O) groups excluding carboxylic acids is 5. The first-order valence-corrected chi connectivity index (χ1v) is 33.1. The van der Waals surface area contributed by atoms with E-state index in [4.69, 9.17) is 71.1 Å². The van der Waals surface area contributed by atoms with Gasteiger partial charge in [-0.2, -0.15) is 0 Å². The molecule has 26 N–H and O–H groups in total. The Bertz CT molecular complexity index is 2770. The number of hydrogen-bond acceptors (Lipinski definition) is 41. The number of ether oxygens (including phenoxy) is 15. The summed E-state index contributed by atoms with van der Waals surface area (Å²) >= 11 is 0. The third-order valence-corrected chi connectivity index (χ3v) is 18.6. The molecule has 0 aliphatic carbocycles. The Morgan fingerprint density at radius 2 is 0.538 bits per heavy atom. The lowest BCUT2D eigenvalue weighted by Crippen LogP contribution is -2.71. The molecule has 600 valence electrons. The van der Waals surface area contributed by atoms with Gasteiger partial charge >= 0.3 is 0 Å². The maximum Gasteiger partial charge on any atom is 0.217 e. The maximum absolute atomic E-state index is 12.9. The van der Waals surface area contributed by atoms with Crippen LogP contribution in [0.4, 0.5) is 0 Å². The highest BCUT2D eigenvalue weighted by atomic mass is 16.8. The number of rotatable bonds is 27. The highest BCUT2D eigenvalue weighted by Crippen LogP contribution is 2.39. The van der Waals surface area contributed by atoms with Crippen LogP contribution < -0.4 is 26.6 Å². The van der Waals surface area contributed by atoms with E-state index in [9.17, 15) is 131 Å². The van der Waals surface area contributed by atoms with Gasteiger partial charge in [-0.05, 0) is 0 Å². The summed E-state index contributed by atoms with van der Waals surface area (Å²) in [5, 5.41) is 246. The van der Waals surface area contributed by atoms with Crippen molar-refractivity contribution in [3.05, 3.63) is 0 Å². The molecule has 8 aliphatic heterocycles. The van der Waals surface area contributed by atoms with Crippen molar-refractivity contribution in [2.24, 2.45) is 0 Å². The Kier molecular flexibility index (Phi) is 30.9. The summed E-state index contributed by atoms with van der Waals surface area (Å²) in [6.45, 7) is -3.31. The molecule has 0 spiro atoms. The molecule has 46 nitrogen and oxygen atoms in total. The van der Waals surface area contributed by atoms with Crippen molar-refractivity contribution in [2.75, 3.05) is 52.9 Å². The van der Waals surface area contributed by atoms with Gasteiger partial charge in [-0.3, -0.25) is 24.0 Å². The monoisotopic (exact) mass is 1520 g/mol. The van der Waals surface area contributed by atoms with Crippen molar-refractivity contribution < 1.29 is 202 Å². The molecule has 5 amide bonds. The van der Waals surface area contributed by atoms with Crippen molar-refractivity contribution in [2.45, 2.75) is 280 Å². The van der Waals surface area contributed by atoms with E-state index in [1.165, 1.54) is 0 Å². The molecular weight excluding hydrogens is 1420 g/mol. The van der Waals surface area contributed by atoms with Crippen LogP contribution in [0, 0.1) is 0 Å². The van der Waals surface area contributed by atoms with Crippen molar-refractivity contribution in [3.8, 4) is 0 Å². The fourth-order valence-electron chi connectivity index (χ4n) is 13.3. The number of aliphatic hydroxyl groups is 21. The molecular formula is C58H97N5O41. The van der Waals surface area contributed by atoms with Crippen LogP contribution in [0.15, 0.2) is 0 Å². The molecule has 0 aromatic rings. The van der Waals surface area contributed by atoms with Gasteiger partial charge in [-0.25, -0.2) is 0 Å². The molecule has 46 heteroatoms. The van der Waals surface area contributed by atoms with Gasteiger partial charge < -0.3 is 205 Å². The van der Waals surface area contributed by atoms with Crippen LogP contribution >= 0.6 is 0 Å². The van der Waals surface area contributed by atoms with Crippen LogP contribution in [0.3, 0.4) is 0 Å². The summed E-state index contributed by atoms with van der Waals surface area (Å²) < 4.78 is 89.2. The smallest absolute Gasteiger partial charge is 0.217 e. The van der Waals surface area contributed by atoms with Crippen LogP contribution in [0.1, 0.15) is 34.6 Å². The number of amides is 5. The highest BCUT2D eigenvalue weighted by Gasteiger charge is 2.60. The zero-order valence-electron chi connectivity index (χ0n) is 56.3. The molecule has 104 heavy (non-hydrogen) atoms. The first kappa shape index (κ1) is 85.5. The summed E-state index contributed by atoms with van der Waals surface area (Å²) in [5.74, 6) is -4.20. The summed E-state index contributed by atoms with van der Waals surface area (Å²) in [4.78, 5) is 62.4. The minimum absolute atomic E-state index is 0.750. The minimum Gasteiger partial charge on any atom is -0.394 e. The number of carbonyl (C=O) groups is 5. The van der Waals surface area contributed by atoms with Crippen molar-refractivity contribution in [1.82, 2.24) is 26.6 Å². The molecule has 0 radical (unpaired) electrons. The molecule has 8 fully saturated rings. The maximum atomic E-state index is 12.9. The molecule has 8 heterocycles. The quantitative estimate of drug-likeness (QED) is 0.0363. The van der Waals surface area contributed by atoms with Crippen LogP contribution in [0.2, 0.25) is 0 Å². The van der Waals surface area contributed by atoms with Crippen LogP contribution in [-0.4, -0.2) is 435 Å². The first-order chi connectivity index (χ1) is 49.1. The Morgan fingerprint density at radius 1 is 0.250 bits per heavy atom. The van der Waals surface area contributed by atoms with Gasteiger partial charge in [0.2, 0.25) is 29.5 Å². The highest BCUT2D eigenvalue weighted by molar-refractivity contribution is 5.75. The average Bonchev–Trinajstić information content (AvgIpc) is 0.764. The van der Waals surface area contributed by atoms with Gasteiger partial charge in [0, 0.05) is 34.6 Å². The van der Waals surface area contributed by atoms with Gasteiger partial charge in [0.1, 0.15) is 195 Å². The number of hydrogen-bond donors (Lipinski definition) is 26. The molecule has 8 rings (SSSR count). The molecule has 40 atom stereocenters. The van der Waals surface area contributed by atoms with Crippen LogP contribution in [0.5, 0.6) is 0 Å². The standard InChI is InChI=1S/C58H97N5O41/c1-14(70)59-27-40(83)46(22(9-67)92-51(27)89)100-55-31(63-18(5)74)41(84)47(23(10-68)96-55)102-57-45(88)49(36(79)26(99-57)13-91-56-43(86)42(85)35(78)25(98-56)12-90-52-28(60-15(2)71)37(80)32(75)19(6-64)93-52)103-58-50(104-54-30(62-17(4)73)39(82)34(77)21(8-66)95-54)44(87)48(24(11-69)97-58)101-53-29(61-16(3)72)38(81)33(76)20(7-65)94-53/h19-58,64-69,75-89H,6-13H2,1-5H3,(H,59,70)(H,60,71)(H,61,72)(H,62,73)(H,63,74)/t19-,20-,21-,22-,23-,24-,25-,26-,27-,28-,29-,30-,31-,32-,33-,34-,35-,36-,37-,38-,39-,40-,41-,42+,43+,44+,45+,46-,47-,48-,49+,50+,51-,52-,53+,54+,55+,56+,57+,58-/m1/s1. The SMILES string of the molecule is CC(=O)N[C@@H]1[C@@H](O)[C@H](O[C@@H]2O[C@H](CO)[C@@H](O[C@@H]3O[C@H](CO[C@H]4O[C@H](CO[C@@H]5O[C@H](CO)[C@@H](O)[C@H](O)[C@H]5NC(C)=O)[C@@H](O)[C@H](O)[C@@H]4O)[C@@H](O)[C@H](O[C@H]4O[C@H](CO)[C@@H](O[C@@H]5O[C@H](CO)[C@@H](O)[C@H](O)[C@H]5NC(C)=O)[C@H](O)[C@@H]4O[C@@H]4O[C@H](CO)[C@@H](O)[C@H](O)[C@H]4NC(C)=O)[C@@H]3O)[C@H](O)[C@H]2NC(C)=O)[C@@H](CO)O[C@H]1O. The summed E-state index contributed by atoms with van der Waals surface area (Å²) in [7, 11) is 0. The predicted molar refractivity (Wildman–Crippen MR) is 322 cm³/mol. The third kappa shape index (κ3) is 19.4. The Hall–Kier alpha value is -4.09. The molecule has 0 unspecified atom stereocenters. The zero-order chi connectivity index (χ0) is 76.8. The lowest BCUT2D eigenvalue weighted by molar-refractivity contribution is -0.402. The second kappa shape index (κ2) is 37.5. The molecule has 8 saturated heterocycles. The Labute approximate surface area is 589 Å². The van der Waals surface area contributed by atoms with Gasteiger partial charge in [0.05, 0.1) is 52.9 Å². The van der Waals surface area contributed by atoms with E-state index in [0.29, 0.717) is 0 Å². The van der Waals surface area contributed by atoms with E-state index in [2.05, 4.69) is 26.6 Å². The largest absolute Gasteiger partial charge is 0.394 e. The van der Waals surface area contributed by atoms with E-state index in [1.54, 1.807) is 0 Å². The van der Waals surface area contributed by atoms with E-state index in [-0.39, 0.29) is 0 Å². The van der Waals surface area contributed by atoms with Gasteiger partial charge in [0.15, 0.2) is 50.3 Å². The predicted octanol–water partition coefficient (Wildman–Crippen LogP) is -17.7. The molecule has 0 aromatic carbocycles. The fourth-order valence-corrected chi connectivity index (χ4v) is 13.3. The van der Waals surface area contributed by atoms with Crippen molar-refractivity contribution in [1.29, 1.82) is 0 Å². The van der Waals surface area contributed by atoms with E-state index < -0.39 is 328 Å². The lowest BCUT2D eigenvalue weighted by Gasteiger charge is -2.51. The molecule has 8 aliphatic rings. The molecule has 0 saturated carbocycles. The average molecular weight is 1520 g/mol. The van der Waals surface area contributed by atoms with E-state index in [1.807, 2.05) is 0 Å².